The van der Waals surface area contributed by atoms with Gasteiger partial charge in [0.1, 0.15) is 9.39 Å². The highest BCUT2D eigenvalue weighted by Crippen LogP contribution is 2.11. The van der Waals surface area contributed by atoms with Crippen LogP contribution in [0.5, 0.6) is 0 Å². The lowest BCUT2D eigenvalue weighted by Crippen LogP contribution is -2.14. The summed E-state index contributed by atoms with van der Waals surface area (Å²) in [6.45, 7) is 0.624. The molecular weight excluding hydrogens is 345 g/mol. The second-order valence-corrected chi connectivity index (χ2v) is 4.80. The number of nitrogens with one attached hydrogen (secondary N) is 2. The topological polar surface area (TPSA) is 78.0 Å². The second-order valence-electron chi connectivity index (χ2n) is 3.72. The fourth-order valence-corrected chi connectivity index (χ4v) is 1.94. The Bertz CT molecular complexity index is 581. The Labute approximate surface area is 117 Å². The normalized spacial score (nSPS) is 10.3. The summed E-state index contributed by atoms with van der Waals surface area (Å²) >= 11 is 1.96. The minimum absolute atomic E-state index is 0.0429. The van der Waals surface area contributed by atoms with Crippen LogP contribution >= 0.6 is 22.6 Å². The zero-order chi connectivity index (χ0) is 13.0. The summed E-state index contributed by atoms with van der Waals surface area (Å²) in [5, 5.41) is 12.0. The van der Waals surface area contributed by atoms with Gasteiger partial charge >= 0.3 is 0 Å². The van der Waals surface area contributed by atoms with Gasteiger partial charge < -0.3 is 15.4 Å². The maximum atomic E-state index is 11.4. The van der Waals surface area contributed by atoms with Crippen LogP contribution in [-0.2, 0) is 13.2 Å². The SMILES string of the molecule is O=c1[nH]cnc(NCc2ccc(CO)cc2)c1I. The first-order valence-electron chi connectivity index (χ1n) is 5.36. The number of aliphatic hydroxyl groups is 1. The van der Waals surface area contributed by atoms with Crippen molar-refractivity contribution in [2.45, 2.75) is 13.2 Å². The van der Waals surface area contributed by atoms with Gasteiger partial charge in [0.05, 0.1) is 12.9 Å². The molecule has 2 aromatic rings. The van der Waals surface area contributed by atoms with Gasteiger partial charge in [0.15, 0.2) is 0 Å². The molecule has 1 aromatic heterocycles. The number of anilines is 1. The Morgan fingerprint density at radius 3 is 2.61 bits per heavy atom. The number of rotatable bonds is 4. The molecule has 0 saturated heterocycles. The second kappa shape index (κ2) is 5.96. The molecule has 0 spiro atoms. The van der Waals surface area contributed by atoms with Gasteiger partial charge in [-0.2, -0.15) is 0 Å². The van der Waals surface area contributed by atoms with Crippen LogP contribution in [0.4, 0.5) is 5.82 Å². The lowest BCUT2D eigenvalue weighted by atomic mass is 10.1. The number of benzene rings is 1. The van der Waals surface area contributed by atoms with Crippen LogP contribution < -0.4 is 10.9 Å². The molecule has 0 aliphatic rings. The van der Waals surface area contributed by atoms with Crippen LogP contribution in [0.3, 0.4) is 0 Å². The highest BCUT2D eigenvalue weighted by Gasteiger charge is 2.04. The summed E-state index contributed by atoms with van der Waals surface area (Å²) in [6, 6.07) is 7.59. The van der Waals surface area contributed by atoms with E-state index in [1.54, 1.807) is 0 Å². The van der Waals surface area contributed by atoms with Crippen LogP contribution in [0.25, 0.3) is 0 Å². The molecule has 1 heterocycles. The van der Waals surface area contributed by atoms with Crippen LogP contribution in [-0.4, -0.2) is 15.1 Å². The van der Waals surface area contributed by atoms with Crippen molar-refractivity contribution in [2.75, 3.05) is 5.32 Å². The predicted octanol–water partition coefficient (Wildman–Crippen LogP) is 1.48. The minimum atomic E-state index is -0.149. The van der Waals surface area contributed by atoms with Crippen molar-refractivity contribution in [3.8, 4) is 0 Å². The molecule has 0 unspecified atom stereocenters. The van der Waals surface area contributed by atoms with Gasteiger partial charge in [0, 0.05) is 6.54 Å². The van der Waals surface area contributed by atoms with E-state index in [1.807, 2.05) is 46.9 Å². The van der Waals surface area contributed by atoms with E-state index < -0.39 is 0 Å². The molecule has 0 fully saturated rings. The Morgan fingerprint density at radius 1 is 1.28 bits per heavy atom. The number of aromatic amines is 1. The fraction of sp³-hybridized carbons (Fsp3) is 0.167. The van der Waals surface area contributed by atoms with Crippen molar-refractivity contribution in [3.63, 3.8) is 0 Å². The molecule has 0 aliphatic carbocycles. The van der Waals surface area contributed by atoms with Crippen LogP contribution in [0.15, 0.2) is 35.4 Å². The fourth-order valence-electron chi connectivity index (χ4n) is 1.45. The third-order valence-electron chi connectivity index (χ3n) is 2.46. The molecule has 1 aromatic carbocycles. The van der Waals surface area contributed by atoms with Crippen molar-refractivity contribution in [2.24, 2.45) is 0 Å². The maximum absolute atomic E-state index is 11.4. The number of hydrogen-bond acceptors (Lipinski definition) is 4. The zero-order valence-corrected chi connectivity index (χ0v) is 11.6. The Hall–Kier alpha value is -1.41. The first-order chi connectivity index (χ1) is 8.70. The largest absolute Gasteiger partial charge is 0.392 e. The molecule has 0 atom stereocenters. The Balaban J connectivity index is 2.06. The molecule has 0 aliphatic heterocycles. The van der Waals surface area contributed by atoms with Gasteiger partial charge in [-0.1, -0.05) is 24.3 Å². The van der Waals surface area contributed by atoms with E-state index in [-0.39, 0.29) is 12.2 Å². The van der Waals surface area contributed by atoms with Gasteiger partial charge in [-0.25, -0.2) is 4.98 Å². The van der Waals surface area contributed by atoms with Crippen molar-refractivity contribution < 1.29 is 5.11 Å². The lowest BCUT2D eigenvalue weighted by Gasteiger charge is -2.07. The smallest absolute Gasteiger partial charge is 0.266 e. The van der Waals surface area contributed by atoms with E-state index in [0.29, 0.717) is 15.9 Å². The van der Waals surface area contributed by atoms with Gasteiger partial charge in [-0.15, -0.1) is 0 Å². The van der Waals surface area contributed by atoms with Crippen molar-refractivity contribution in [3.05, 3.63) is 55.6 Å². The number of H-pyrrole nitrogens is 1. The molecule has 0 radical (unpaired) electrons. The van der Waals surface area contributed by atoms with E-state index in [2.05, 4.69) is 15.3 Å². The number of aromatic nitrogens is 2. The third kappa shape index (κ3) is 3.08. The number of aliphatic hydroxyl groups excluding tert-OH is 1. The maximum Gasteiger partial charge on any atom is 0.266 e. The summed E-state index contributed by atoms with van der Waals surface area (Å²) in [5.41, 5.74) is 1.79. The predicted molar refractivity (Wildman–Crippen MR) is 77.3 cm³/mol. The average Bonchev–Trinajstić information content (AvgIpc) is 2.41. The van der Waals surface area contributed by atoms with Gasteiger partial charge in [-0.05, 0) is 33.7 Å². The highest BCUT2D eigenvalue weighted by molar-refractivity contribution is 14.1. The Morgan fingerprint density at radius 2 is 1.94 bits per heavy atom. The molecule has 5 nitrogen and oxygen atoms in total. The minimum Gasteiger partial charge on any atom is -0.392 e. The summed E-state index contributed by atoms with van der Waals surface area (Å²) in [5.74, 6) is 0.575. The first-order valence-corrected chi connectivity index (χ1v) is 6.44. The molecule has 3 N–H and O–H groups in total. The molecule has 18 heavy (non-hydrogen) atoms. The molecular formula is C12H12IN3O2. The van der Waals surface area contributed by atoms with E-state index >= 15 is 0 Å². The summed E-state index contributed by atoms with van der Waals surface area (Å²) in [7, 11) is 0. The molecule has 2 rings (SSSR count). The van der Waals surface area contributed by atoms with Crippen molar-refractivity contribution in [1.29, 1.82) is 0 Å². The van der Waals surface area contributed by atoms with Gasteiger partial charge in [-0.3, -0.25) is 4.79 Å². The molecule has 0 amide bonds. The van der Waals surface area contributed by atoms with E-state index in [9.17, 15) is 4.79 Å². The number of nitrogens with zero attached hydrogens (tertiary/aromatic N) is 1. The van der Waals surface area contributed by atoms with E-state index in [0.717, 1.165) is 11.1 Å². The van der Waals surface area contributed by atoms with Crippen molar-refractivity contribution >= 4 is 28.4 Å². The first kappa shape index (κ1) is 13.0. The summed E-state index contributed by atoms with van der Waals surface area (Å²) in [4.78, 5) is 17.9. The summed E-state index contributed by atoms with van der Waals surface area (Å²) < 4.78 is 0.544. The summed E-state index contributed by atoms with van der Waals surface area (Å²) in [6.07, 6.45) is 1.38. The standard InChI is InChI=1S/C12H12IN3O2/c13-10-11(15-7-16-12(10)18)14-5-8-1-3-9(6-17)4-2-8/h1-4,7,17H,5-6H2,(H2,14,15,16,18). The quantitative estimate of drug-likeness (QED) is 0.725. The van der Waals surface area contributed by atoms with E-state index in [1.165, 1.54) is 6.33 Å². The van der Waals surface area contributed by atoms with Crippen LogP contribution in [0, 0.1) is 3.57 Å². The average molecular weight is 357 g/mol. The van der Waals surface area contributed by atoms with E-state index in [4.69, 9.17) is 5.11 Å². The van der Waals surface area contributed by atoms with Gasteiger partial charge in [0.2, 0.25) is 0 Å². The number of halogens is 1. The van der Waals surface area contributed by atoms with Crippen LogP contribution in [0.1, 0.15) is 11.1 Å². The zero-order valence-electron chi connectivity index (χ0n) is 9.48. The number of hydrogen-bond donors (Lipinski definition) is 3. The molecule has 0 saturated carbocycles. The Kier molecular flexibility index (Phi) is 4.32. The monoisotopic (exact) mass is 357 g/mol. The van der Waals surface area contributed by atoms with Crippen LogP contribution in [0.2, 0.25) is 0 Å². The molecule has 0 bridgehead atoms. The highest BCUT2D eigenvalue weighted by atomic mass is 127. The van der Waals surface area contributed by atoms with Crippen molar-refractivity contribution in [1.82, 2.24) is 9.97 Å². The lowest BCUT2D eigenvalue weighted by molar-refractivity contribution is 0.282. The molecule has 94 valence electrons. The molecule has 6 heteroatoms. The van der Waals surface area contributed by atoms with Gasteiger partial charge in [0.25, 0.3) is 5.56 Å². The third-order valence-corrected chi connectivity index (χ3v) is 3.46.